The Bertz CT molecular complexity index is 369. The van der Waals surface area contributed by atoms with Crippen molar-refractivity contribution in [2.24, 2.45) is 0 Å². The van der Waals surface area contributed by atoms with Crippen molar-refractivity contribution in [2.75, 3.05) is 6.54 Å². The second kappa shape index (κ2) is 8.50. The van der Waals surface area contributed by atoms with E-state index in [-0.39, 0.29) is 18.4 Å². The Kier molecular flexibility index (Phi) is 6.84. The van der Waals surface area contributed by atoms with E-state index in [0.717, 1.165) is 12.8 Å². The zero-order valence-corrected chi connectivity index (χ0v) is 10.8. The molecule has 0 aliphatic rings. The summed E-state index contributed by atoms with van der Waals surface area (Å²) in [6.07, 6.45) is 4.49. The topological polar surface area (TPSA) is 41.1 Å². The molecule has 0 atom stereocenters. The molecular weight excluding hydrogens is 231 g/mol. The van der Waals surface area contributed by atoms with Crippen molar-refractivity contribution in [1.82, 2.24) is 10.6 Å². The predicted molar refractivity (Wildman–Crippen MR) is 70.8 cm³/mol. The Hall–Kier alpha value is -1.58. The van der Waals surface area contributed by atoms with Crippen molar-refractivity contribution in [1.29, 1.82) is 0 Å². The van der Waals surface area contributed by atoms with Crippen LogP contribution in [0.4, 0.5) is 9.18 Å². The first-order valence-corrected chi connectivity index (χ1v) is 6.49. The van der Waals surface area contributed by atoms with Crippen LogP contribution in [0.25, 0.3) is 0 Å². The molecule has 0 unspecified atom stereocenters. The number of hydrogen-bond acceptors (Lipinski definition) is 1. The zero-order chi connectivity index (χ0) is 13.2. The number of benzene rings is 1. The SMILES string of the molecule is CCCCCCNC(=O)NCc1ccccc1F. The summed E-state index contributed by atoms with van der Waals surface area (Å²) in [4.78, 5) is 11.4. The molecule has 1 aromatic carbocycles. The minimum Gasteiger partial charge on any atom is -0.338 e. The molecule has 0 fully saturated rings. The van der Waals surface area contributed by atoms with Crippen LogP contribution in [0.2, 0.25) is 0 Å². The van der Waals surface area contributed by atoms with Gasteiger partial charge in [-0.2, -0.15) is 0 Å². The first kappa shape index (κ1) is 14.5. The molecule has 0 aromatic heterocycles. The van der Waals surface area contributed by atoms with Crippen molar-refractivity contribution in [2.45, 2.75) is 39.2 Å². The largest absolute Gasteiger partial charge is 0.338 e. The van der Waals surface area contributed by atoms with Gasteiger partial charge in [0.25, 0.3) is 0 Å². The van der Waals surface area contributed by atoms with Gasteiger partial charge in [0, 0.05) is 18.7 Å². The van der Waals surface area contributed by atoms with E-state index in [0.29, 0.717) is 12.1 Å². The van der Waals surface area contributed by atoms with Gasteiger partial charge in [-0.3, -0.25) is 0 Å². The quantitative estimate of drug-likeness (QED) is 0.719. The van der Waals surface area contributed by atoms with Gasteiger partial charge in [-0.15, -0.1) is 0 Å². The van der Waals surface area contributed by atoms with Gasteiger partial charge in [0.15, 0.2) is 0 Å². The van der Waals surface area contributed by atoms with E-state index < -0.39 is 0 Å². The Balaban J connectivity index is 2.15. The highest BCUT2D eigenvalue weighted by atomic mass is 19.1. The van der Waals surface area contributed by atoms with Gasteiger partial charge in [-0.05, 0) is 12.5 Å². The summed E-state index contributed by atoms with van der Waals surface area (Å²) in [5.74, 6) is -0.291. The average Bonchev–Trinajstić information content (AvgIpc) is 2.37. The Morgan fingerprint density at radius 3 is 2.67 bits per heavy atom. The van der Waals surface area contributed by atoms with E-state index >= 15 is 0 Å². The number of carbonyl (C=O) groups excluding carboxylic acids is 1. The van der Waals surface area contributed by atoms with Crippen LogP contribution in [0.3, 0.4) is 0 Å². The zero-order valence-electron chi connectivity index (χ0n) is 10.8. The maximum Gasteiger partial charge on any atom is 0.315 e. The molecule has 18 heavy (non-hydrogen) atoms. The normalized spacial score (nSPS) is 10.1. The van der Waals surface area contributed by atoms with Crippen LogP contribution in [0.15, 0.2) is 24.3 Å². The Morgan fingerprint density at radius 2 is 1.94 bits per heavy atom. The van der Waals surface area contributed by atoms with Crippen molar-refractivity contribution in [3.63, 3.8) is 0 Å². The lowest BCUT2D eigenvalue weighted by atomic mass is 10.2. The third-order valence-corrected chi connectivity index (χ3v) is 2.71. The van der Waals surface area contributed by atoms with Gasteiger partial charge in [0.05, 0.1) is 0 Å². The minimum atomic E-state index is -0.291. The van der Waals surface area contributed by atoms with Crippen molar-refractivity contribution >= 4 is 6.03 Å². The maximum absolute atomic E-state index is 13.3. The van der Waals surface area contributed by atoms with E-state index in [1.165, 1.54) is 18.9 Å². The van der Waals surface area contributed by atoms with Crippen LogP contribution in [0.5, 0.6) is 0 Å². The molecule has 1 rings (SSSR count). The van der Waals surface area contributed by atoms with Gasteiger partial charge in [0.2, 0.25) is 0 Å². The summed E-state index contributed by atoms with van der Waals surface area (Å²) >= 11 is 0. The summed E-state index contributed by atoms with van der Waals surface area (Å²) in [6.45, 7) is 3.03. The first-order chi connectivity index (χ1) is 8.74. The second-order valence-electron chi connectivity index (χ2n) is 4.26. The fourth-order valence-corrected chi connectivity index (χ4v) is 1.63. The summed E-state index contributed by atoms with van der Waals surface area (Å²) in [7, 11) is 0. The van der Waals surface area contributed by atoms with Crippen LogP contribution in [-0.4, -0.2) is 12.6 Å². The predicted octanol–water partition coefficient (Wildman–Crippen LogP) is 3.21. The smallest absolute Gasteiger partial charge is 0.315 e. The van der Waals surface area contributed by atoms with Crippen molar-refractivity contribution in [3.8, 4) is 0 Å². The highest BCUT2D eigenvalue weighted by molar-refractivity contribution is 5.73. The van der Waals surface area contributed by atoms with Crippen LogP contribution in [0.1, 0.15) is 38.2 Å². The molecule has 0 aliphatic carbocycles. The number of amides is 2. The molecule has 0 spiro atoms. The van der Waals surface area contributed by atoms with Crippen molar-refractivity contribution in [3.05, 3.63) is 35.6 Å². The average molecular weight is 252 g/mol. The highest BCUT2D eigenvalue weighted by Gasteiger charge is 2.03. The number of unbranched alkanes of at least 4 members (excludes halogenated alkanes) is 3. The number of halogens is 1. The fraction of sp³-hybridized carbons (Fsp3) is 0.500. The van der Waals surface area contributed by atoms with E-state index in [4.69, 9.17) is 0 Å². The molecule has 2 N–H and O–H groups in total. The van der Waals surface area contributed by atoms with Gasteiger partial charge in [-0.1, -0.05) is 44.4 Å². The van der Waals surface area contributed by atoms with E-state index in [1.54, 1.807) is 18.2 Å². The lowest BCUT2D eigenvalue weighted by molar-refractivity contribution is 0.240. The first-order valence-electron chi connectivity index (χ1n) is 6.49. The lowest BCUT2D eigenvalue weighted by Gasteiger charge is -2.08. The number of rotatable bonds is 7. The van der Waals surface area contributed by atoms with Gasteiger partial charge < -0.3 is 10.6 Å². The lowest BCUT2D eigenvalue weighted by Crippen LogP contribution is -2.35. The van der Waals surface area contributed by atoms with Crippen LogP contribution in [0, 0.1) is 5.82 Å². The molecule has 0 heterocycles. The summed E-state index contributed by atoms with van der Waals surface area (Å²) in [6, 6.07) is 6.20. The van der Waals surface area contributed by atoms with E-state index in [1.807, 2.05) is 0 Å². The summed E-state index contributed by atoms with van der Waals surface area (Å²) in [5.41, 5.74) is 0.499. The standard InChI is InChI=1S/C14H21FN2O/c1-2-3-4-7-10-16-14(18)17-11-12-8-5-6-9-13(12)15/h5-6,8-9H,2-4,7,10-11H2,1H3,(H2,16,17,18). The monoisotopic (exact) mass is 252 g/mol. The molecule has 3 nitrogen and oxygen atoms in total. The number of hydrogen-bond donors (Lipinski definition) is 2. The summed E-state index contributed by atoms with van der Waals surface area (Å²) < 4.78 is 13.3. The molecule has 2 amide bonds. The molecule has 0 radical (unpaired) electrons. The maximum atomic E-state index is 13.3. The molecule has 0 saturated heterocycles. The van der Waals surface area contributed by atoms with Gasteiger partial charge in [-0.25, -0.2) is 9.18 Å². The Morgan fingerprint density at radius 1 is 1.17 bits per heavy atom. The van der Waals surface area contributed by atoms with E-state index in [9.17, 15) is 9.18 Å². The molecule has 0 saturated carbocycles. The molecule has 1 aromatic rings. The summed E-state index contributed by atoms with van der Waals surface area (Å²) in [5, 5.41) is 5.40. The van der Waals surface area contributed by atoms with Crippen LogP contribution >= 0.6 is 0 Å². The Labute approximate surface area is 108 Å². The number of urea groups is 1. The second-order valence-corrected chi connectivity index (χ2v) is 4.26. The number of carbonyl (C=O) groups is 1. The highest BCUT2D eigenvalue weighted by Crippen LogP contribution is 2.05. The van der Waals surface area contributed by atoms with E-state index in [2.05, 4.69) is 17.6 Å². The van der Waals surface area contributed by atoms with Crippen molar-refractivity contribution < 1.29 is 9.18 Å². The van der Waals surface area contributed by atoms with Crippen LogP contribution in [-0.2, 0) is 6.54 Å². The third kappa shape index (κ3) is 5.66. The molecular formula is C14H21FN2O. The third-order valence-electron chi connectivity index (χ3n) is 2.71. The molecule has 0 aliphatic heterocycles. The number of nitrogens with one attached hydrogen (secondary N) is 2. The molecule has 4 heteroatoms. The molecule has 0 bridgehead atoms. The molecule has 100 valence electrons. The fourth-order valence-electron chi connectivity index (χ4n) is 1.63. The van der Waals surface area contributed by atoms with Crippen LogP contribution < -0.4 is 10.6 Å². The minimum absolute atomic E-state index is 0.216. The van der Waals surface area contributed by atoms with Gasteiger partial charge in [0.1, 0.15) is 5.82 Å². The van der Waals surface area contributed by atoms with Gasteiger partial charge >= 0.3 is 6.03 Å².